The van der Waals surface area contributed by atoms with Crippen LogP contribution in [0.25, 0.3) is 0 Å². The van der Waals surface area contributed by atoms with Crippen molar-refractivity contribution in [3.8, 4) is 0 Å². The van der Waals surface area contributed by atoms with Gasteiger partial charge in [0, 0.05) is 25.4 Å². The summed E-state index contributed by atoms with van der Waals surface area (Å²) in [7, 11) is 0. The molecular weight excluding hydrogens is 494 g/mol. The SMILES string of the molecule is CC(C)CC(NC(=O)O)C(=O)NC(C)C(=O)C(=O)N1CCC(C(=O)NC(Cc2ccccc2)C(N)=O)CC1. The highest BCUT2D eigenvalue weighted by molar-refractivity contribution is 6.38. The van der Waals surface area contributed by atoms with E-state index in [4.69, 9.17) is 10.8 Å². The number of nitrogens with zero attached hydrogens (tertiary/aromatic N) is 1. The largest absolute Gasteiger partial charge is 0.465 e. The van der Waals surface area contributed by atoms with E-state index in [0.717, 1.165) is 5.56 Å². The van der Waals surface area contributed by atoms with Crippen LogP contribution >= 0.6 is 0 Å². The van der Waals surface area contributed by atoms with E-state index in [1.165, 1.54) is 11.8 Å². The maximum absolute atomic E-state index is 12.8. The highest BCUT2D eigenvalue weighted by Gasteiger charge is 2.34. The van der Waals surface area contributed by atoms with Gasteiger partial charge in [-0.1, -0.05) is 44.2 Å². The molecule has 2 rings (SSSR count). The van der Waals surface area contributed by atoms with Gasteiger partial charge in [-0.2, -0.15) is 0 Å². The Bertz CT molecular complexity index is 1020. The first-order chi connectivity index (χ1) is 17.9. The molecule has 38 heavy (non-hydrogen) atoms. The van der Waals surface area contributed by atoms with Crippen LogP contribution in [0.15, 0.2) is 30.3 Å². The number of carbonyl (C=O) groups is 6. The molecule has 1 fully saturated rings. The van der Waals surface area contributed by atoms with E-state index in [9.17, 15) is 28.8 Å². The summed E-state index contributed by atoms with van der Waals surface area (Å²) in [5, 5.41) is 16.2. The molecule has 208 valence electrons. The number of carbonyl (C=O) groups excluding carboxylic acids is 5. The van der Waals surface area contributed by atoms with E-state index in [2.05, 4.69) is 16.0 Å². The number of hydrogen-bond donors (Lipinski definition) is 5. The lowest BCUT2D eigenvalue weighted by Gasteiger charge is -2.32. The van der Waals surface area contributed by atoms with E-state index in [0.29, 0.717) is 12.8 Å². The van der Waals surface area contributed by atoms with Crippen molar-refractivity contribution in [3.63, 3.8) is 0 Å². The molecule has 1 aromatic carbocycles. The summed E-state index contributed by atoms with van der Waals surface area (Å²) in [5.41, 5.74) is 6.33. The molecule has 0 spiro atoms. The third-order valence-electron chi connectivity index (χ3n) is 6.38. The number of piperidine rings is 1. The third-order valence-corrected chi connectivity index (χ3v) is 6.38. The number of Topliss-reactive ketones (excluding diaryl/α,β-unsaturated/α-hetero) is 1. The Labute approximate surface area is 221 Å². The number of hydrogen-bond acceptors (Lipinski definition) is 6. The lowest BCUT2D eigenvalue weighted by atomic mass is 9.94. The molecule has 1 aliphatic heterocycles. The molecule has 1 saturated heterocycles. The molecule has 3 atom stereocenters. The predicted octanol–water partition coefficient (Wildman–Crippen LogP) is 0.194. The Kier molecular flexibility index (Phi) is 11.2. The van der Waals surface area contributed by atoms with Crippen LogP contribution in [0.3, 0.4) is 0 Å². The van der Waals surface area contributed by atoms with Gasteiger partial charge in [-0.05, 0) is 37.7 Å². The number of nitrogens with one attached hydrogen (secondary N) is 3. The van der Waals surface area contributed by atoms with E-state index in [1.54, 1.807) is 0 Å². The topological polar surface area (TPSA) is 188 Å². The van der Waals surface area contributed by atoms with Gasteiger partial charge in [-0.25, -0.2) is 4.79 Å². The highest BCUT2D eigenvalue weighted by atomic mass is 16.4. The third kappa shape index (κ3) is 9.16. The Morgan fingerprint density at radius 2 is 1.55 bits per heavy atom. The van der Waals surface area contributed by atoms with Crippen molar-refractivity contribution in [1.29, 1.82) is 0 Å². The Morgan fingerprint density at radius 1 is 0.947 bits per heavy atom. The second-order valence-corrected chi connectivity index (χ2v) is 9.95. The molecule has 0 bridgehead atoms. The fraction of sp³-hybridized carbons (Fsp3) is 0.538. The number of likely N-dealkylation sites (tertiary alicyclic amines) is 1. The van der Waals surface area contributed by atoms with Crippen LogP contribution in [-0.4, -0.2) is 76.7 Å². The van der Waals surface area contributed by atoms with Gasteiger partial charge in [0.25, 0.3) is 5.91 Å². The van der Waals surface area contributed by atoms with Gasteiger partial charge in [0.2, 0.25) is 23.5 Å². The lowest BCUT2D eigenvalue weighted by Crippen LogP contribution is -2.54. The van der Waals surface area contributed by atoms with Gasteiger partial charge in [-0.15, -0.1) is 0 Å². The molecule has 12 nitrogen and oxygen atoms in total. The van der Waals surface area contributed by atoms with Crippen molar-refractivity contribution >= 4 is 35.5 Å². The van der Waals surface area contributed by atoms with Gasteiger partial charge in [0.1, 0.15) is 12.1 Å². The van der Waals surface area contributed by atoms with Crippen molar-refractivity contribution in [2.75, 3.05) is 13.1 Å². The average Bonchev–Trinajstić information content (AvgIpc) is 2.87. The Morgan fingerprint density at radius 3 is 2.08 bits per heavy atom. The van der Waals surface area contributed by atoms with Gasteiger partial charge in [-0.3, -0.25) is 24.0 Å². The molecular formula is C26H37N5O7. The summed E-state index contributed by atoms with van der Waals surface area (Å²) in [6.45, 7) is 5.31. The minimum absolute atomic E-state index is 0.0142. The quantitative estimate of drug-likeness (QED) is 0.238. The van der Waals surface area contributed by atoms with Crippen molar-refractivity contribution in [1.82, 2.24) is 20.9 Å². The minimum Gasteiger partial charge on any atom is -0.465 e. The maximum atomic E-state index is 12.8. The zero-order chi connectivity index (χ0) is 28.4. The van der Waals surface area contributed by atoms with E-state index in [1.807, 2.05) is 44.2 Å². The molecule has 1 aromatic rings. The summed E-state index contributed by atoms with van der Waals surface area (Å²) in [6, 6.07) is 6.08. The first-order valence-electron chi connectivity index (χ1n) is 12.7. The predicted molar refractivity (Wildman–Crippen MR) is 138 cm³/mol. The molecule has 0 saturated carbocycles. The maximum Gasteiger partial charge on any atom is 0.405 e. The average molecular weight is 532 g/mol. The Balaban J connectivity index is 1.88. The fourth-order valence-electron chi connectivity index (χ4n) is 4.28. The summed E-state index contributed by atoms with van der Waals surface area (Å²) in [5.74, 6) is -3.75. The van der Waals surface area contributed by atoms with Crippen molar-refractivity contribution in [2.45, 2.75) is 64.6 Å². The van der Waals surface area contributed by atoms with Crippen molar-refractivity contribution in [3.05, 3.63) is 35.9 Å². The lowest BCUT2D eigenvalue weighted by molar-refractivity contribution is -0.147. The number of carboxylic acid groups (broad SMARTS) is 1. The van der Waals surface area contributed by atoms with Gasteiger partial charge in [0.05, 0.1) is 6.04 Å². The zero-order valence-electron chi connectivity index (χ0n) is 21.9. The summed E-state index contributed by atoms with van der Waals surface area (Å²) in [6.07, 6.45) is -0.292. The number of amides is 5. The summed E-state index contributed by atoms with van der Waals surface area (Å²) < 4.78 is 0. The van der Waals surface area contributed by atoms with E-state index >= 15 is 0 Å². The zero-order valence-corrected chi connectivity index (χ0v) is 21.9. The van der Waals surface area contributed by atoms with E-state index in [-0.39, 0.29) is 37.8 Å². The molecule has 1 heterocycles. The molecule has 5 amide bonds. The standard InChI is InChI=1S/C26H37N5O7/c1-15(2)13-20(30-26(37)38)24(35)28-16(3)21(32)25(36)31-11-9-18(10-12-31)23(34)29-19(22(27)33)14-17-7-5-4-6-8-17/h4-8,15-16,18-20,30H,9-14H2,1-3H3,(H2,27,33)(H,28,35)(H,29,34)(H,37,38). The summed E-state index contributed by atoms with van der Waals surface area (Å²) in [4.78, 5) is 74.9. The van der Waals surface area contributed by atoms with Gasteiger partial charge >= 0.3 is 6.09 Å². The number of ketones is 1. The van der Waals surface area contributed by atoms with E-state index < -0.39 is 53.6 Å². The van der Waals surface area contributed by atoms with Crippen LogP contribution in [-0.2, 0) is 30.4 Å². The number of nitrogens with two attached hydrogens (primary N) is 1. The van der Waals surface area contributed by atoms with Crippen molar-refractivity contribution in [2.24, 2.45) is 17.6 Å². The molecule has 0 radical (unpaired) electrons. The molecule has 0 aromatic heterocycles. The Hall–Kier alpha value is -3.96. The first kappa shape index (κ1) is 30.3. The molecule has 1 aliphatic rings. The monoisotopic (exact) mass is 531 g/mol. The highest BCUT2D eigenvalue weighted by Crippen LogP contribution is 2.18. The molecule has 6 N–H and O–H groups in total. The van der Waals surface area contributed by atoms with Crippen LogP contribution in [0.4, 0.5) is 4.79 Å². The smallest absolute Gasteiger partial charge is 0.405 e. The van der Waals surface area contributed by atoms with Crippen LogP contribution in [0.1, 0.15) is 45.6 Å². The van der Waals surface area contributed by atoms with Crippen LogP contribution in [0.2, 0.25) is 0 Å². The first-order valence-corrected chi connectivity index (χ1v) is 12.7. The molecule has 12 heteroatoms. The number of primary amides is 1. The minimum atomic E-state index is -1.37. The number of rotatable bonds is 12. The molecule has 0 aliphatic carbocycles. The van der Waals surface area contributed by atoms with Crippen LogP contribution in [0.5, 0.6) is 0 Å². The van der Waals surface area contributed by atoms with Crippen LogP contribution < -0.4 is 21.7 Å². The number of benzene rings is 1. The van der Waals surface area contributed by atoms with Crippen molar-refractivity contribution < 1.29 is 33.9 Å². The normalized spacial score (nSPS) is 16.2. The molecule has 3 unspecified atom stereocenters. The second kappa shape index (κ2) is 14.1. The van der Waals surface area contributed by atoms with Crippen LogP contribution in [0, 0.1) is 11.8 Å². The summed E-state index contributed by atoms with van der Waals surface area (Å²) >= 11 is 0. The van der Waals surface area contributed by atoms with Gasteiger partial charge < -0.3 is 31.7 Å². The second-order valence-electron chi connectivity index (χ2n) is 9.95. The fourth-order valence-corrected chi connectivity index (χ4v) is 4.28. The van der Waals surface area contributed by atoms with Gasteiger partial charge in [0.15, 0.2) is 0 Å².